The van der Waals surface area contributed by atoms with E-state index in [1.54, 1.807) is 7.11 Å². The van der Waals surface area contributed by atoms with Crippen LogP contribution in [0.5, 0.6) is 0 Å². The van der Waals surface area contributed by atoms with Crippen LogP contribution in [0.1, 0.15) is 27.7 Å². The normalized spacial score (nSPS) is 13.6. The number of hydrogen-bond acceptors (Lipinski definition) is 3. The highest BCUT2D eigenvalue weighted by Gasteiger charge is 2.23. The van der Waals surface area contributed by atoms with Crippen molar-refractivity contribution in [1.29, 1.82) is 0 Å². The third kappa shape index (κ3) is 10.9. The zero-order valence-electron chi connectivity index (χ0n) is 10.5. The highest BCUT2D eigenvalue weighted by Crippen LogP contribution is 2.19. The van der Waals surface area contributed by atoms with E-state index >= 15 is 0 Å². The number of methoxy groups -OCH3 is 1. The summed E-state index contributed by atoms with van der Waals surface area (Å²) in [4.78, 5) is 2.25. The van der Waals surface area contributed by atoms with Crippen molar-refractivity contribution in [3.8, 4) is 0 Å². The maximum absolute atomic E-state index is 9.80. The van der Waals surface area contributed by atoms with E-state index in [1.807, 2.05) is 13.8 Å². The SMILES string of the molecule is COCCN(CC(C)(C)O)CC(C)(C)I. The van der Waals surface area contributed by atoms with Gasteiger partial charge in [-0.15, -0.1) is 0 Å². The zero-order valence-corrected chi connectivity index (χ0v) is 12.7. The molecule has 0 radical (unpaired) electrons. The van der Waals surface area contributed by atoms with Crippen LogP contribution in [0.4, 0.5) is 0 Å². The van der Waals surface area contributed by atoms with Crippen molar-refractivity contribution in [2.75, 3.05) is 33.4 Å². The summed E-state index contributed by atoms with van der Waals surface area (Å²) in [5.41, 5.74) is -0.643. The van der Waals surface area contributed by atoms with Gasteiger partial charge >= 0.3 is 0 Å². The average molecular weight is 329 g/mol. The van der Waals surface area contributed by atoms with Crippen molar-refractivity contribution in [3.63, 3.8) is 0 Å². The van der Waals surface area contributed by atoms with Crippen LogP contribution < -0.4 is 0 Å². The fourth-order valence-corrected chi connectivity index (χ4v) is 2.00. The molecular formula is C11H24INO2. The molecule has 0 unspecified atom stereocenters. The monoisotopic (exact) mass is 329 g/mol. The summed E-state index contributed by atoms with van der Waals surface area (Å²) in [7, 11) is 1.71. The number of ether oxygens (including phenoxy) is 1. The van der Waals surface area contributed by atoms with Crippen molar-refractivity contribution in [1.82, 2.24) is 4.90 Å². The van der Waals surface area contributed by atoms with E-state index in [9.17, 15) is 5.11 Å². The number of alkyl halides is 1. The summed E-state index contributed by atoms with van der Waals surface area (Å²) in [6, 6.07) is 0. The minimum atomic E-state index is -0.643. The molecule has 0 fully saturated rings. The lowest BCUT2D eigenvalue weighted by molar-refractivity contribution is 0.0260. The van der Waals surface area contributed by atoms with Gasteiger partial charge in [0, 0.05) is 30.2 Å². The van der Waals surface area contributed by atoms with Crippen LogP contribution in [0.3, 0.4) is 0 Å². The molecule has 3 nitrogen and oxygen atoms in total. The van der Waals surface area contributed by atoms with Crippen LogP contribution in [0.15, 0.2) is 0 Å². The molecule has 0 aliphatic heterocycles. The lowest BCUT2D eigenvalue weighted by Gasteiger charge is -2.32. The summed E-state index contributed by atoms with van der Waals surface area (Å²) in [6.07, 6.45) is 0. The number of hydrogen-bond donors (Lipinski definition) is 1. The summed E-state index contributed by atoms with van der Waals surface area (Å²) >= 11 is 2.43. The van der Waals surface area contributed by atoms with Crippen molar-refractivity contribution >= 4 is 22.6 Å². The summed E-state index contributed by atoms with van der Waals surface area (Å²) in [5, 5.41) is 9.80. The number of nitrogens with zero attached hydrogens (tertiary/aromatic N) is 1. The Hall–Kier alpha value is 0.610. The largest absolute Gasteiger partial charge is 0.389 e. The van der Waals surface area contributed by atoms with Crippen LogP contribution in [-0.4, -0.2) is 52.4 Å². The van der Waals surface area contributed by atoms with E-state index in [1.165, 1.54) is 0 Å². The number of halogens is 1. The second-order valence-electron chi connectivity index (χ2n) is 5.23. The molecule has 0 saturated heterocycles. The Morgan fingerprint density at radius 2 is 1.73 bits per heavy atom. The maximum atomic E-state index is 9.80. The molecule has 1 N–H and O–H groups in total. The van der Waals surface area contributed by atoms with E-state index in [0.29, 0.717) is 13.2 Å². The average Bonchev–Trinajstić information content (AvgIpc) is 1.94. The molecular weight excluding hydrogens is 305 g/mol. The first-order valence-electron chi connectivity index (χ1n) is 5.27. The van der Waals surface area contributed by atoms with Crippen LogP contribution >= 0.6 is 22.6 Å². The molecule has 0 aromatic heterocycles. The van der Waals surface area contributed by atoms with Crippen molar-refractivity contribution in [2.24, 2.45) is 0 Å². The predicted octanol–water partition coefficient (Wildman–Crippen LogP) is 1.92. The molecule has 0 saturated carbocycles. The van der Waals surface area contributed by atoms with Gasteiger partial charge in [0.2, 0.25) is 0 Å². The Morgan fingerprint density at radius 3 is 2.07 bits per heavy atom. The van der Waals surface area contributed by atoms with Crippen LogP contribution in [0, 0.1) is 0 Å². The van der Waals surface area contributed by atoms with E-state index in [-0.39, 0.29) is 3.42 Å². The molecule has 0 atom stereocenters. The lowest BCUT2D eigenvalue weighted by atomic mass is 10.1. The topological polar surface area (TPSA) is 32.7 Å². The predicted molar refractivity (Wildman–Crippen MR) is 72.7 cm³/mol. The van der Waals surface area contributed by atoms with Crippen molar-refractivity contribution < 1.29 is 9.84 Å². The smallest absolute Gasteiger partial charge is 0.0718 e. The van der Waals surface area contributed by atoms with Gasteiger partial charge in [0.15, 0.2) is 0 Å². The van der Waals surface area contributed by atoms with Crippen LogP contribution in [0.25, 0.3) is 0 Å². The molecule has 0 bridgehead atoms. The van der Waals surface area contributed by atoms with Gasteiger partial charge in [-0.2, -0.15) is 0 Å². The highest BCUT2D eigenvalue weighted by atomic mass is 127. The highest BCUT2D eigenvalue weighted by molar-refractivity contribution is 14.1. The van der Waals surface area contributed by atoms with Gasteiger partial charge in [0.1, 0.15) is 0 Å². The Morgan fingerprint density at radius 1 is 1.20 bits per heavy atom. The first-order valence-corrected chi connectivity index (χ1v) is 6.34. The quantitative estimate of drug-likeness (QED) is 0.572. The summed E-state index contributed by atoms with van der Waals surface area (Å²) in [6.45, 7) is 11.3. The van der Waals surface area contributed by atoms with Gasteiger partial charge in [-0.1, -0.05) is 22.6 Å². The van der Waals surface area contributed by atoms with E-state index in [0.717, 1.165) is 13.1 Å². The minimum absolute atomic E-state index is 0.219. The Labute approximate surface area is 107 Å². The van der Waals surface area contributed by atoms with Gasteiger partial charge in [0.05, 0.1) is 12.2 Å². The van der Waals surface area contributed by atoms with Crippen LogP contribution in [-0.2, 0) is 4.74 Å². The molecule has 0 rings (SSSR count). The summed E-state index contributed by atoms with van der Waals surface area (Å²) < 4.78 is 5.29. The zero-order chi connectivity index (χ0) is 12.1. The second-order valence-corrected chi connectivity index (χ2v) is 8.15. The Balaban J connectivity index is 4.19. The molecule has 0 aliphatic carbocycles. The summed E-state index contributed by atoms with van der Waals surface area (Å²) in [5.74, 6) is 0. The van der Waals surface area contributed by atoms with Gasteiger partial charge in [-0.3, -0.25) is 4.90 Å². The number of rotatable bonds is 7. The maximum Gasteiger partial charge on any atom is 0.0718 e. The molecule has 0 aromatic carbocycles. The molecule has 0 heterocycles. The fraction of sp³-hybridized carbons (Fsp3) is 1.00. The molecule has 0 aromatic rings. The van der Waals surface area contributed by atoms with Crippen molar-refractivity contribution in [2.45, 2.75) is 36.7 Å². The Kier molecular flexibility index (Phi) is 6.63. The molecule has 4 heteroatoms. The minimum Gasteiger partial charge on any atom is -0.389 e. The third-order valence-electron chi connectivity index (χ3n) is 1.82. The van der Waals surface area contributed by atoms with E-state index < -0.39 is 5.60 Å². The lowest BCUT2D eigenvalue weighted by Crippen LogP contribution is -2.44. The first-order chi connectivity index (χ1) is 6.64. The van der Waals surface area contributed by atoms with Gasteiger partial charge in [-0.25, -0.2) is 0 Å². The molecule has 0 spiro atoms. The molecule has 92 valence electrons. The van der Waals surface area contributed by atoms with Gasteiger partial charge in [-0.05, 0) is 27.7 Å². The molecule has 15 heavy (non-hydrogen) atoms. The Bertz CT molecular complexity index is 156. The van der Waals surface area contributed by atoms with Crippen molar-refractivity contribution in [3.05, 3.63) is 0 Å². The number of aliphatic hydroxyl groups is 1. The van der Waals surface area contributed by atoms with E-state index in [4.69, 9.17) is 4.74 Å². The van der Waals surface area contributed by atoms with Gasteiger partial charge < -0.3 is 9.84 Å². The van der Waals surface area contributed by atoms with Gasteiger partial charge in [0.25, 0.3) is 0 Å². The van der Waals surface area contributed by atoms with Crippen LogP contribution in [0.2, 0.25) is 0 Å². The molecule has 0 amide bonds. The fourth-order valence-electron chi connectivity index (χ4n) is 1.51. The van der Waals surface area contributed by atoms with E-state index in [2.05, 4.69) is 41.3 Å². The standard InChI is InChI=1S/C11H24INO2/c1-10(2,12)8-13(6-7-15-5)9-11(3,4)14/h14H,6-9H2,1-5H3. The first kappa shape index (κ1) is 15.6. The molecule has 0 aliphatic rings. The second kappa shape index (κ2) is 6.37. The third-order valence-corrected chi connectivity index (χ3v) is 2.16.